The van der Waals surface area contributed by atoms with E-state index in [0.29, 0.717) is 30.2 Å². The molecule has 206 valence electrons. The highest BCUT2D eigenvalue weighted by molar-refractivity contribution is 5.81. The number of amides is 1. The molecule has 39 heavy (non-hydrogen) atoms. The summed E-state index contributed by atoms with van der Waals surface area (Å²) in [5.74, 6) is 0.354. The van der Waals surface area contributed by atoms with Gasteiger partial charge in [-0.15, -0.1) is 0 Å². The van der Waals surface area contributed by atoms with Gasteiger partial charge in [-0.2, -0.15) is 0 Å². The lowest BCUT2D eigenvalue weighted by molar-refractivity contribution is -0.384. The number of carboxylic acids is 1. The van der Waals surface area contributed by atoms with Gasteiger partial charge in [0.25, 0.3) is 5.69 Å². The van der Waals surface area contributed by atoms with E-state index in [0.717, 1.165) is 5.69 Å². The maximum absolute atomic E-state index is 13.0. The summed E-state index contributed by atoms with van der Waals surface area (Å²) < 4.78 is 16.4. The van der Waals surface area contributed by atoms with Crippen molar-refractivity contribution in [1.29, 1.82) is 0 Å². The topological polar surface area (TPSA) is 132 Å². The van der Waals surface area contributed by atoms with E-state index < -0.39 is 23.0 Å². The van der Waals surface area contributed by atoms with Crippen LogP contribution >= 0.6 is 0 Å². The molecule has 0 aromatic heterocycles. The molecule has 0 bridgehead atoms. The standard InChI is InChI=1S/C28H31N3O8/c1-4-26(27(32)33)30(28(34)39-25-15-13-23(37-3)14-16-25)19-20-5-11-24(12-6-20)38-18-17-29(2)21-7-9-22(10-8-21)31(35)36/h5-16,26H,4,17-19H2,1-3H3,(H,32,33). The molecule has 1 unspecified atom stereocenters. The molecule has 0 saturated carbocycles. The molecule has 0 aliphatic heterocycles. The van der Waals surface area contributed by atoms with Crippen molar-refractivity contribution < 1.29 is 33.8 Å². The number of nitrogens with zero attached hydrogens (tertiary/aromatic N) is 3. The lowest BCUT2D eigenvalue weighted by atomic mass is 10.1. The van der Waals surface area contributed by atoms with E-state index in [1.807, 2.05) is 11.9 Å². The first-order valence-electron chi connectivity index (χ1n) is 12.2. The Morgan fingerprint density at radius 3 is 2.08 bits per heavy atom. The molecule has 3 aromatic rings. The molecule has 0 heterocycles. The first-order valence-corrected chi connectivity index (χ1v) is 12.2. The molecule has 0 radical (unpaired) electrons. The van der Waals surface area contributed by atoms with Gasteiger partial charge in [0.2, 0.25) is 0 Å². The van der Waals surface area contributed by atoms with Crippen LogP contribution in [0.25, 0.3) is 0 Å². The van der Waals surface area contributed by atoms with Crippen LogP contribution in [0.1, 0.15) is 18.9 Å². The Labute approximate surface area is 226 Å². The summed E-state index contributed by atoms with van der Waals surface area (Å²) in [5, 5.41) is 20.5. The van der Waals surface area contributed by atoms with Gasteiger partial charge in [0, 0.05) is 31.4 Å². The molecule has 1 atom stereocenters. The van der Waals surface area contributed by atoms with E-state index in [2.05, 4.69) is 0 Å². The average molecular weight is 538 g/mol. The molecule has 0 saturated heterocycles. The van der Waals surface area contributed by atoms with Gasteiger partial charge in [-0.1, -0.05) is 19.1 Å². The smallest absolute Gasteiger partial charge is 0.416 e. The van der Waals surface area contributed by atoms with Gasteiger partial charge in [-0.25, -0.2) is 9.59 Å². The fraction of sp³-hybridized carbons (Fsp3) is 0.286. The number of aliphatic carboxylic acids is 1. The summed E-state index contributed by atoms with van der Waals surface area (Å²) in [6, 6.07) is 18.6. The van der Waals surface area contributed by atoms with Crippen molar-refractivity contribution in [2.24, 2.45) is 0 Å². The monoisotopic (exact) mass is 537 g/mol. The van der Waals surface area contributed by atoms with Crippen molar-refractivity contribution in [3.63, 3.8) is 0 Å². The average Bonchev–Trinajstić information content (AvgIpc) is 2.94. The third-order valence-corrected chi connectivity index (χ3v) is 6.02. The number of carbonyl (C=O) groups excluding carboxylic acids is 1. The van der Waals surface area contributed by atoms with Gasteiger partial charge in [0.1, 0.15) is 29.9 Å². The minimum absolute atomic E-state index is 0.0307. The predicted molar refractivity (Wildman–Crippen MR) is 145 cm³/mol. The number of ether oxygens (including phenoxy) is 3. The summed E-state index contributed by atoms with van der Waals surface area (Å²) >= 11 is 0. The molecule has 0 aliphatic rings. The molecule has 0 aliphatic carbocycles. The number of methoxy groups -OCH3 is 1. The van der Waals surface area contributed by atoms with E-state index in [-0.39, 0.29) is 24.4 Å². The Balaban J connectivity index is 1.60. The number of rotatable bonds is 13. The SMILES string of the molecule is CCC(C(=O)O)N(Cc1ccc(OCCN(C)c2ccc([N+](=O)[O-])cc2)cc1)C(=O)Oc1ccc(OC)cc1. The predicted octanol–water partition coefficient (Wildman–Crippen LogP) is 4.98. The van der Waals surface area contributed by atoms with Crippen LogP contribution in [-0.2, 0) is 11.3 Å². The Morgan fingerprint density at radius 2 is 1.54 bits per heavy atom. The van der Waals surface area contributed by atoms with Gasteiger partial charge in [-0.05, 0) is 60.5 Å². The van der Waals surface area contributed by atoms with Gasteiger partial charge >= 0.3 is 12.1 Å². The third-order valence-electron chi connectivity index (χ3n) is 6.02. The number of non-ortho nitro benzene ring substituents is 1. The fourth-order valence-electron chi connectivity index (χ4n) is 3.78. The quantitative estimate of drug-likeness (QED) is 0.237. The van der Waals surface area contributed by atoms with Crippen molar-refractivity contribution >= 4 is 23.4 Å². The van der Waals surface area contributed by atoms with Crippen LogP contribution in [0.2, 0.25) is 0 Å². The number of likely N-dealkylation sites (N-methyl/N-ethyl adjacent to an activating group) is 1. The molecule has 11 nitrogen and oxygen atoms in total. The van der Waals surface area contributed by atoms with Crippen LogP contribution in [0.15, 0.2) is 72.8 Å². The summed E-state index contributed by atoms with van der Waals surface area (Å²) in [7, 11) is 3.39. The molecular weight excluding hydrogens is 506 g/mol. The van der Waals surface area contributed by atoms with Crippen molar-refractivity contribution in [3.8, 4) is 17.2 Å². The number of carboxylic acid groups (broad SMARTS) is 1. The zero-order chi connectivity index (χ0) is 28.4. The maximum Gasteiger partial charge on any atom is 0.416 e. The second-order valence-corrected chi connectivity index (χ2v) is 8.62. The first kappa shape index (κ1) is 28.8. The van der Waals surface area contributed by atoms with E-state index >= 15 is 0 Å². The second kappa shape index (κ2) is 13.7. The van der Waals surface area contributed by atoms with Gasteiger partial charge in [0.05, 0.1) is 18.6 Å². The van der Waals surface area contributed by atoms with Gasteiger partial charge in [0.15, 0.2) is 0 Å². The molecule has 1 amide bonds. The van der Waals surface area contributed by atoms with Crippen LogP contribution in [0.3, 0.4) is 0 Å². The zero-order valence-corrected chi connectivity index (χ0v) is 22.0. The van der Waals surface area contributed by atoms with Crippen LogP contribution in [0.4, 0.5) is 16.2 Å². The molecule has 3 aromatic carbocycles. The molecule has 11 heteroatoms. The Hall–Kier alpha value is -4.80. The van der Waals surface area contributed by atoms with Crippen molar-refractivity contribution in [1.82, 2.24) is 4.90 Å². The highest BCUT2D eigenvalue weighted by Crippen LogP contribution is 2.22. The highest BCUT2D eigenvalue weighted by atomic mass is 16.6. The molecular formula is C28H31N3O8. The number of hydrogen-bond donors (Lipinski definition) is 1. The van der Waals surface area contributed by atoms with Gasteiger partial charge < -0.3 is 24.2 Å². The lowest BCUT2D eigenvalue weighted by Crippen LogP contribution is -2.45. The van der Waals surface area contributed by atoms with Crippen molar-refractivity contribution in [2.45, 2.75) is 25.9 Å². The summed E-state index contributed by atoms with van der Waals surface area (Å²) in [6.45, 7) is 2.63. The van der Waals surface area contributed by atoms with Crippen LogP contribution in [-0.4, -0.2) is 60.3 Å². The molecule has 0 fully saturated rings. The lowest BCUT2D eigenvalue weighted by Gasteiger charge is -2.27. The third kappa shape index (κ3) is 8.09. The van der Waals surface area contributed by atoms with Crippen LogP contribution in [0, 0.1) is 10.1 Å². The minimum Gasteiger partial charge on any atom is -0.497 e. The van der Waals surface area contributed by atoms with Crippen LogP contribution < -0.4 is 19.1 Å². The van der Waals surface area contributed by atoms with Crippen molar-refractivity contribution in [3.05, 3.63) is 88.5 Å². The van der Waals surface area contributed by atoms with E-state index in [4.69, 9.17) is 14.2 Å². The molecule has 0 spiro atoms. The number of nitro groups is 1. The largest absolute Gasteiger partial charge is 0.497 e. The number of anilines is 1. The van der Waals surface area contributed by atoms with Gasteiger partial charge in [-0.3, -0.25) is 15.0 Å². The number of carbonyl (C=O) groups is 2. The highest BCUT2D eigenvalue weighted by Gasteiger charge is 2.30. The molecule has 1 N–H and O–H groups in total. The second-order valence-electron chi connectivity index (χ2n) is 8.62. The number of nitro benzene ring substituents is 1. The fourth-order valence-corrected chi connectivity index (χ4v) is 3.78. The van der Waals surface area contributed by atoms with E-state index in [9.17, 15) is 24.8 Å². The number of benzene rings is 3. The van der Waals surface area contributed by atoms with Crippen molar-refractivity contribution in [2.75, 3.05) is 32.2 Å². The zero-order valence-electron chi connectivity index (χ0n) is 22.0. The Bertz CT molecular complexity index is 1250. The summed E-state index contributed by atoms with van der Waals surface area (Å²) in [6.07, 6.45) is -0.569. The summed E-state index contributed by atoms with van der Waals surface area (Å²) in [4.78, 5) is 38.3. The Kier molecular flexibility index (Phi) is 10.1. The summed E-state index contributed by atoms with van der Waals surface area (Å²) in [5.41, 5.74) is 1.56. The van der Waals surface area contributed by atoms with E-state index in [1.54, 1.807) is 67.6 Å². The van der Waals surface area contributed by atoms with E-state index in [1.165, 1.54) is 24.1 Å². The molecule has 3 rings (SSSR count). The van der Waals surface area contributed by atoms with Crippen LogP contribution in [0.5, 0.6) is 17.2 Å². The minimum atomic E-state index is -1.12. The first-order chi connectivity index (χ1) is 18.7. The number of hydrogen-bond acceptors (Lipinski definition) is 8. The maximum atomic E-state index is 13.0. The Morgan fingerprint density at radius 1 is 0.949 bits per heavy atom. The normalized spacial score (nSPS) is 11.3.